The lowest BCUT2D eigenvalue weighted by atomic mass is 9.95. The second-order valence-electron chi connectivity index (χ2n) is 7.05. The summed E-state index contributed by atoms with van der Waals surface area (Å²) in [5, 5.41) is 11.4. The van der Waals surface area contributed by atoms with Crippen LogP contribution in [0.15, 0.2) is 54.1 Å². The highest BCUT2D eigenvalue weighted by molar-refractivity contribution is 6.46. The van der Waals surface area contributed by atoms with Crippen molar-refractivity contribution in [1.82, 2.24) is 9.80 Å². The van der Waals surface area contributed by atoms with Gasteiger partial charge in [-0.1, -0.05) is 43.6 Å². The van der Waals surface area contributed by atoms with Crippen LogP contribution in [-0.2, 0) is 9.59 Å². The number of rotatable bonds is 7. The monoisotopic (exact) mass is 430 g/mol. The number of hydrogen-bond donors (Lipinski definition) is 1. The highest BCUT2D eigenvalue weighted by atomic mass is 35.5. The predicted molar refractivity (Wildman–Crippen MR) is 115 cm³/mol. The lowest BCUT2D eigenvalue weighted by Gasteiger charge is -2.28. The summed E-state index contributed by atoms with van der Waals surface area (Å²) in [6, 6.07) is 11.3. The fourth-order valence-electron chi connectivity index (χ4n) is 3.68. The molecule has 5 nitrogen and oxygen atoms in total. The molecule has 30 heavy (non-hydrogen) atoms. The van der Waals surface area contributed by atoms with Gasteiger partial charge in [0.25, 0.3) is 11.7 Å². The maximum absolute atomic E-state index is 14.7. The molecule has 0 saturated carbocycles. The van der Waals surface area contributed by atoms with E-state index in [0.717, 1.165) is 13.1 Å². The average molecular weight is 431 g/mol. The number of carbonyl (C=O) groups excluding carboxylic acids is 2. The Morgan fingerprint density at radius 1 is 1.10 bits per heavy atom. The van der Waals surface area contributed by atoms with E-state index in [1.54, 1.807) is 36.4 Å². The molecule has 0 bridgehead atoms. The highest BCUT2D eigenvalue weighted by Crippen LogP contribution is 2.40. The van der Waals surface area contributed by atoms with Crippen LogP contribution in [0.5, 0.6) is 0 Å². The molecular formula is C23H24ClFN2O3. The Labute approximate surface area is 180 Å². The minimum Gasteiger partial charge on any atom is -0.507 e. The maximum Gasteiger partial charge on any atom is 0.295 e. The molecule has 1 amide bonds. The van der Waals surface area contributed by atoms with Crippen LogP contribution >= 0.6 is 11.6 Å². The first kappa shape index (κ1) is 22.0. The number of amides is 1. The number of Topliss-reactive ketones (excluding diaryl/α,β-unsaturated/α-hetero) is 1. The van der Waals surface area contributed by atoms with Crippen molar-refractivity contribution in [2.24, 2.45) is 0 Å². The zero-order valence-electron chi connectivity index (χ0n) is 16.9. The van der Waals surface area contributed by atoms with Crippen molar-refractivity contribution in [3.63, 3.8) is 0 Å². The van der Waals surface area contributed by atoms with E-state index in [-0.39, 0.29) is 23.4 Å². The van der Waals surface area contributed by atoms with Gasteiger partial charge in [0.05, 0.1) is 11.6 Å². The van der Waals surface area contributed by atoms with Gasteiger partial charge in [0.2, 0.25) is 0 Å². The van der Waals surface area contributed by atoms with Crippen molar-refractivity contribution < 1.29 is 19.1 Å². The molecular weight excluding hydrogens is 407 g/mol. The van der Waals surface area contributed by atoms with Crippen molar-refractivity contribution in [3.05, 3.63) is 76.1 Å². The molecule has 1 heterocycles. The summed E-state index contributed by atoms with van der Waals surface area (Å²) in [6.45, 7) is 6.36. The van der Waals surface area contributed by atoms with Crippen LogP contribution in [0.25, 0.3) is 5.76 Å². The summed E-state index contributed by atoms with van der Waals surface area (Å²) in [5.74, 6) is -2.45. The van der Waals surface area contributed by atoms with Crippen molar-refractivity contribution in [2.45, 2.75) is 19.9 Å². The van der Waals surface area contributed by atoms with Crippen LogP contribution in [-0.4, -0.2) is 52.8 Å². The number of hydrogen-bond acceptors (Lipinski definition) is 4. The standard InChI is InChI=1S/C23H24ClFN2O3/c1-3-26(4-2)13-14-27-20(17-7-5-6-8-18(17)25)19(22(29)23(27)30)21(28)15-9-11-16(24)12-10-15/h5-12,20,28H,3-4,13-14H2,1-2H3/b21-19+/t20-/m0/s1. The summed E-state index contributed by atoms with van der Waals surface area (Å²) >= 11 is 5.91. The van der Waals surface area contributed by atoms with Crippen LogP contribution in [0.4, 0.5) is 4.39 Å². The minimum atomic E-state index is -1.00. The van der Waals surface area contributed by atoms with E-state index < -0.39 is 23.5 Å². The first-order valence-electron chi connectivity index (χ1n) is 9.90. The van der Waals surface area contributed by atoms with E-state index in [9.17, 15) is 19.1 Å². The number of aliphatic hydroxyl groups is 1. The summed E-state index contributed by atoms with van der Waals surface area (Å²) < 4.78 is 14.7. The van der Waals surface area contributed by atoms with Gasteiger partial charge in [-0.2, -0.15) is 0 Å². The third-order valence-electron chi connectivity index (χ3n) is 5.41. The molecule has 1 aliphatic rings. The summed E-state index contributed by atoms with van der Waals surface area (Å²) in [7, 11) is 0. The summed E-state index contributed by atoms with van der Waals surface area (Å²) in [6.07, 6.45) is 0. The van der Waals surface area contributed by atoms with Gasteiger partial charge in [-0.15, -0.1) is 0 Å². The molecule has 1 atom stereocenters. The van der Waals surface area contributed by atoms with E-state index >= 15 is 0 Å². The lowest BCUT2D eigenvalue weighted by molar-refractivity contribution is -0.140. The Hall–Kier alpha value is -2.70. The third kappa shape index (κ3) is 4.25. The first-order chi connectivity index (χ1) is 14.4. The van der Waals surface area contributed by atoms with Crippen molar-refractivity contribution >= 4 is 29.1 Å². The molecule has 3 rings (SSSR count). The van der Waals surface area contributed by atoms with Gasteiger partial charge >= 0.3 is 0 Å². The van der Waals surface area contributed by atoms with Crippen LogP contribution in [0.2, 0.25) is 5.02 Å². The highest BCUT2D eigenvalue weighted by Gasteiger charge is 2.46. The number of ketones is 1. The molecule has 1 fully saturated rings. The van der Waals surface area contributed by atoms with Crippen LogP contribution < -0.4 is 0 Å². The first-order valence-corrected chi connectivity index (χ1v) is 10.3. The second-order valence-corrected chi connectivity index (χ2v) is 7.48. The smallest absolute Gasteiger partial charge is 0.295 e. The van der Waals surface area contributed by atoms with E-state index in [0.29, 0.717) is 17.1 Å². The fraction of sp³-hybridized carbons (Fsp3) is 0.304. The van der Waals surface area contributed by atoms with E-state index in [4.69, 9.17) is 11.6 Å². The third-order valence-corrected chi connectivity index (χ3v) is 5.66. The molecule has 0 unspecified atom stereocenters. The number of halogens is 2. The zero-order valence-corrected chi connectivity index (χ0v) is 17.7. The molecule has 0 radical (unpaired) electrons. The van der Waals surface area contributed by atoms with Gasteiger partial charge in [0.15, 0.2) is 0 Å². The van der Waals surface area contributed by atoms with Gasteiger partial charge in [0.1, 0.15) is 11.6 Å². The number of carbonyl (C=O) groups is 2. The van der Waals surface area contributed by atoms with Gasteiger partial charge in [-0.05, 0) is 43.4 Å². The van der Waals surface area contributed by atoms with Crippen LogP contribution in [0, 0.1) is 5.82 Å². The normalized spacial score (nSPS) is 18.4. The Bertz CT molecular complexity index is 971. The molecule has 1 saturated heterocycles. The molecule has 1 N–H and O–H groups in total. The van der Waals surface area contributed by atoms with Crippen molar-refractivity contribution in [1.29, 1.82) is 0 Å². The Kier molecular flexibility index (Phi) is 6.90. The molecule has 0 aliphatic carbocycles. The fourth-order valence-corrected chi connectivity index (χ4v) is 3.81. The van der Waals surface area contributed by atoms with Gasteiger partial charge < -0.3 is 14.9 Å². The van der Waals surface area contributed by atoms with Gasteiger partial charge in [-0.3, -0.25) is 9.59 Å². The topological polar surface area (TPSA) is 60.9 Å². The number of benzene rings is 2. The summed E-state index contributed by atoms with van der Waals surface area (Å²) in [5.41, 5.74) is 0.390. The Morgan fingerprint density at radius 3 is 2.33 bits per heavy atom. The molecule has 1 aliphatic heterocycles. The minimum absolute atomic E-state index is 0.119. The van der Waals surface area contributed by atoms with Crippen molar-refractivity contribution in [2.75, 3.05) is 26.2 Å². The van der Waals surface area contributed by atoms with E-state index in [2.05, 4.69) is 4.90 Å². The van der Waals surface area contributed by atoms with E-state index in [1.807, 2.05) is 13.8 Å². The molecule has 0 spiro atoms. The zero-order chi connectivity index (χ0) is 21.8. The molecule has 158 valence electrons. The summed E-state index contributed by atoms with van der Waals surface area (Å²) in [4.78, 5) is 29.2. The SMILES string of the molecule is CCN(CC)CCN1C(=O)C(=O)/C(=C(/O)c2ccc(Cl)cc2)[C@@H]1c1ccccc1F. The average Bonchev–Trinajstić information content (AvgIpc) is 2.99. The number of nitrogens with zero attached hydrogens (tertiary/aromatic N) is 2. The van der Waals surface area contributed by atoms with Crippen molar-refractivity contribution in [3.8, 4) is 0 Å². The molecule has 2 aromatic rings. The molecule has 7 heteroatoms. The predicted octanol–water partition coefficient (Wildman–Crippen LogP) is 4.24. The second kappa shape index (κ2) is 9.41. The largest absolute Gasteiger partial charge is 0.507 e. The van der Waals surface area contributed by atoms with E-state index in [1.165, 1.54) is 17.0 Å². The number of likely N-dealkylation sites (N-methyl/N-ethyl adjacent to an activating group) is 1. The van der Waals surface area contributed by atoms with Gasteiger partial charge in [0, 0.05) is 29.2 Å². The van der Waals surface area contributed by atoms with Crippen LogP contribution in [0.3, 0.4) is 0 Å². The number of aliphatic hydroxyl groups excluding tert-OH is 1. The maximum atomic E-state index is 14.7. The van der Waals surface area contributed by atoms with Crippen LogP contribution in [0.1, 0.15) is 31.0 Å². The Morgan fingerprint density at radius 2 is 1.73 bits per heavy atom. The Balaban J connectivity index is 2.11. The molecule has 2 aromatic carbocycles. The molecule has 0 aromatic heterocycles. The lowest BCUT2D eigenvalue weighted by Crippen LogP contribution is -2.38. The number of likely N-dealkylation sites (tertiary alicyclic amines) is 1. The van der Waals surface area contributed by atoms with Gasteiger partial charge in [-0.25, -0.2) is 4.39 Å². The quantitative estimate of drug-likeness (QED) is 0.405.